The van der Waals surface area contributed by atoms with Gasteiger partial charge in [-0.1, -0.05) is 43.1 Å². The first-order chi connectivity index (χ1) is 17.4. The van der Waals surface area contributed by atoms with Gasteiger partial charge in [0.1, 0.15) is 6.04 Å². The van der Waals surface area contributed by atoms with Crippen molar-refractivity contribution in [3.05, 3.63) is 63.6 Å². The molecule has 1 atom stereocenters. The molecule has 2 aromatic rings. The highest BCUT2D eigenvalue weighted by Crippen LogP contribution is 2.28. The van der Waals surface area contributed by atoms with Crippen LogP contribution in [-0.2, 0) is 26.2 Å². The molecule has 2 amide bonds. The van der Waals surface area contributed by atoms with Crippen LogP contribution >= 0.6 is 23.2 Å². The van der Waals surface area contributed by atoms with Crippen molar-refractivity contribution in [2.24, 2.45) is 0 Å². The van der Waals surface area contributed by atoms with Gasteiger partial charge in [-0.2, -0.15) is 0 Å². The number of anilines is 1. The Labute approximate surface area is 226 Å². The normalized spacial score (nSPS) is 12.2. The van der Waals surface area contributed by atoms with Crippen LogP contribution in [0.4, 0.5) is 14.5 Å². The number of nitrogens with zero attached hydrogens (tertiary/aromatic N) is 2. The van der Waals surface area contributed by atoms with Crippen molar-refractivity contribution in [3.8, 4) is 0 Å². The first-order valence-corrected chi connectivity index (χ1v) is 14.4. The molecule has 0 bridgehead atoms. The van der Waals surface area contributed by atoms with E-state index in [9.17, 15) is 26.8 Å². The van der Waals surface area contributed by atoms with Crippen LogP contribution in [-0.4, -0.2) is 50.5 Å². The Kier molecular flexibility index (Phi) is 11.6. The number of sulfonamides is 1. The minimum Gasteiger partial charge on any atom is -0.354 e. The average molecular weight is 579 g/mol. The molecular weight excluding hydrogens is 547 g/mol. The van der Waals surface area contributed by atoms with E-state index in [0.29, 0.717) is 28.6 Å². The first kappa shape index (κ1) is 30.8. The minimum absolute atomic E-state index is 0.0195. The molecule has 204 valence electrons. The molecule has 7 nitrogen and oxygen atoms in total. The van der Waals surface area contributed by atoms with E-state index in [4.69, 9.17) is 23.2 Å². The maximum absolute atomic E-state index is 13.7. The Hall–Kier alpha value is -2.43. The van der Waals surface area contributed by atoms with E-state index in [0.717, 1.165) is 35.2 Å². The van der Waals surface area contributed by atoms with Gasteiger partial charge < -0.3 is 10.2 Å². The quantitative estimate of drug-likeness (QED) is 0.356. The molecule has 0 aromatic heterocycles. The van der Waals surface area contributed by atoms with E-state index in [2.05, 4.69) is 5.32 Å². The van der Waals surface area contributed by atoms with Crippen LogP contribution in [0.3, 0.4) is 0 Å². The third-order valence-corrected chi connectivity index (χ3v) is 7.57. The Balaban J connectivity index is 2.27. The second-order valence-electron chi connectivity index (χ2n) is 8.47. The monoisotopic (exact) mass is 577 g/mol. The summed E-state index contributed by atoms with van der Waals surface area (Å²) in [6.45, 7) is 3.96. The van der Waals surface area contributed by atoms with Crippen molar-refractivity contribution in [1.82, 2.24) is 10.2 Å². The molecule has 12 heteroatoms. The topological polar surface area (TPSA) is 86.8 Å². The zero-order valence-electron chi connectivity index (χ0n) is 20.9. The number of halogens is 4. The number of hydrogen-bond acceptors (Lipinski definition) is 4. The Morgan fingerprint density at radius 1 is 1.05 bits per heavy atom. The summed E-state index contributed by atoms with van der Waals surface area (Å²) in [5.74, 6) is -3.02. The van der Waals surface area contributed by atoms with Gasteiger partial charge in [0.25, 0.3) is 0 Å². The number of carbonyl (C=O) groups excluding carboxylic acids is 2. The number of hydrogen-bond donors (Lipinski definition) is 1. The highest BCUT2D eigenvalue weighted by Gasteiger charge is 2.30. The van der Waals surface area contributed by atoms with Crippen LogP contribution < -0.4 is 9.62 Å². The zero-order chi connectivity index (χ0) is 27.8. The number of nitrogens with one attached hydrogen (secondary N) is 1. The molecule has 37 heavy (non-hydrogen) atoms. The Morgan fingerprint density at radius 3 is 2.24 bits per heavy atom. The van der Waals surface area contributed by atoms with E-state index >= 15 is 0 Å². The van der Waals surface area contributed by atoms with Crippen LogP contribution in [0.5, 0.6) is 0 Å². The molecule has 0 heterocycles. The molecule has 0 aliphatic rings. The van der Waals surface area contributed by atoms with Gasteiger partial charge in [-0.3, -0.25) is 13.9 Å². The smallest absolute Gasteiger partial charge is 0.242 e. The molecule has 0 saturated heterocycles. The van der Waals surface area contributed by atoms with Crippen LogP contribution in [0.15, 0.2) is 36.4 Å². The highest BCUT2D eigenvalue weighted by atomic mass is 35.5. The molecule has 1 N–H and O–H groups in total. The summed E-state index contributed by atoms with van der Waals surface area (Å²) in [4.78, 5) is 27.7. The Morgan fingerprint density at radius 2 is 1.70 bits per heavy atom. The summed E-state index contributed by atoms with van der Waals surface area (Å²) in [7, 11) is -3.85. The molecule has 0 aliphatic heterocycles. The number of carbonyl (C=O) groups is 2. The van der Waals surface area contributed by atoms with Crippen LogP contribution in [0.2, 0.25) is 10.0 Å². The van der Waals surface area contributed by atoms with Crippen LogP contribution in [0, 0.1) is 11.6 Å². The highest BCUT2D eigenvalue weighted by molar-refractivity contribution is 7.92. The molecule has 0 spiro atoms. The lowest BCUT2D eigenvalue weighted by Gasteiger charge is -2.31. The predicted octanol–water partition coefficient (Wildman–Crippen LogP) is 5.15. The average Bonchev–Trinajstić information content (AvgIpc) is 2.83. The van der Waals surface area contributed by atoms with Crippen molar-refractivity contribution in [1.29, 1.82) is 0 Å². The zero-order valence-corrected chi connectivity index (χ0v) is 23.3. The molecular formula is C25H31Cl2F2N3O4S. The fourth-order valence-electron chi connectivity index (χ4n) is 3.78. The van der Waals surface area contributed by atoms with E-state index in [1.807, 2.05) is 6.92 Å². The molecule has 1 unspecified atom stereocenters. The van der Waals surface area contributed by atoms with Gasteiger partial charge in [0.15, 0.2) is 11.6 Å². The van der Waals surface area contributed by atoms with Gasteiger partial charge in [-0.25, -0.2) is 17.2 Å². The summed E-state index contributed by atoms with van der Waals surface area (Å²) in [5.41, 5.74) is 0.430. The lowest BCUT2D eigenvalue weighted by Crippen LogP contribution is -2.49. The molecule has 0 radical (unpaired) electrons. The van der Waals surface area contributed by atoms with Crippen LogP contribution in [0.1, 0.15) is 45.1 Å². The lowest BCUT2D eigenvalue weighted by atomic mass is 10.1. The van der Waals surface area contributed by atoms with E-state index in [1.54, 1.807) is 25.1 Å². The third kappa shape index (κ3) is 8.55. The van der Waals surface area contributed by atoms with Gasteiger partial charge in [-0.15, -0.1) is 0 Å². The molecule has 0 saturated carbocycles. The lowest BCUT2D eigenvalue weighted by molar-refractivity contribution is -0.141. The maximum atomic E-state index is 13.7. The number of rotatable bonds is 13. The van der Waals surface area contributed by atoms with Gasteiger partial charge in [0, 0.05) is 47.7 Å². The third-order valence-electron chi connectivity index (χ3n) is 5.67. The summed E-state index contributed by atoms with van der Waals surface area (Å²) in [6, 6.07) is 6.91. The molecule has 0 fully saturated rings. The van der Waals surface area contributed by atoms with Crippen molar-refractivity contribution < 1.29 is 26.8 Å². The fourth-order valence-corrected chi connectivity index (χ4v) is 5.26. The second kappa shape index (κ2) is 13.9. The summed E-state index contributed by atoms with van der Waals surface area (Å²) >= 11 is 12.6. The largest absolute Gasteiger partial charge is 0.354 e. The Bertz CT molecular complexity index is 1190. The molecule has 0 aliphatic carbocycles. The fraction of sp³-hybridized carbons (Fsp3) is 0.440. The van der Waals surface area contributed by atoms with Gasteiger partial charge in [0.2, 0.25) is 21.8 Å². The van der Waals surface area contributed by atoms with Crippen molar-refractivity contribution in [3.63, 3.8) is 0 Å². The van der Waals surface area contributed by atoms with Gasteiger partial charge in [0.05, 0.1) is 11.9 Å². The van der Waals surface area contributed by atoms with E-state index < -0.39 is 33.6 Å². The van der Waals surface area contributed by atoms with E-state index in [1.165, 1.54) is 4.90 Å². The number of amides is 2. The maximum Gasteiger partial charge on any atom is 0.242 e. The molecule has 2 rings (SSSR count). The summed E-state index contributed by atoms with van der Waals surface area (Å²) < 4.78 is 52.6. The van der Waals surface area contributed by atoms with Crippen molar-refractivity contribution in [2.45, 2.75) is 52.1 Å². The minimum atomic E-state index is -3.85. The summed E-state index contributed by atoms with van der Waals surface area (Å²) in [5, 5.41) is 3.49. The SMILES string of the molecule is CCCNC(=O)C(CC)N(Cc1c(Cl)cccc1Cl)C(=O)CCCN(c1ccc(F)c(F)c1)S(C)(=O)=O. The van der Waals surface area contributed by atoms with Crippen molar-refractivity contribution in [2.75, 3.05) is 23.7 Å². The standard InChI is InChI=1S/C25H31Cl2F2N3O4S/c1-4-13-30-25(34)23(5-2)31(16-18-19(26)8-6-9-20(18)27)24(33)10-7-14-32(37(3,35)36)17-11-12-21(28)22(29)15-17/h6,8-9,11-12,15,23H,4-5,7,10,13-14,16H2,1-3H3,(H,30,34). The van der Waals surface area contributed by atoms with E-state index in [-0.39, 0.29) is 37.5 Å². The second-order valence-corrected chi connectivity index (χ2v) is 11.2. The summed E-state index contributed by atoms with van der Waals surface area (Å²) in [6.07, 6.45) is 1.93. The van der Waals surface area contributed by atoms with Crippen molar-refractivity contribution >= 4 is 50.7 Å². The molecule has 2 aromatic carbocycles. The van der Waals surface area contributed by atoms with Gasteiger partial charge >= 0.3 is 0 Å². The van der Waals surface area contributed by atoms with Gasteiger partial charge in [-0.05, 0) is 43.5 Å². The predicted molar refractivity (Wildman–Crippen MR) is 142 cm³/mol. The van der Waals surface area contributed by atoms with Crippen LogP contribution in [0.25, 0.3) is 0 Å². The first-order valence-electron chi connectivity index (χ1n) is 11.8. The number of benzene rings is 2.